The lowest BCUT2D eigenvalue weighted by Gasteiger charge is -2.39. The van der Waals surface area contributed by atoms with Gasteiger partial charge in [-0.3, -0.25) is 0 Å². The van der Waals surface area contributed by atoms with E-state index in [0.717, 1.165) is 29.0 Å². The number of hydrogen-bond acceptors (Lipinski definition) is 4. The maximum absolute atomic E-state index is 14.5. The third kappa shape index (κ3) is 4.55. The maximum Gasteiger partial charge on any atom is 0.192 e. The molecule has 1 unspecified atom stereocenters. The van der Waals surface area contributed by atoms with Crippen LogP contribution in [0.2, 0.25) is 18.1 Å². The van der Waals surface area contributed by atoms with E-state index < -0.39 is 8.32 Å². The molecule has 0 radical (unpaired) electrons. The fraction of sp³-hybridized carbons (Fsp3) is 0.600. The summed E-state index contributed by atoms with van der Waals surface area (Å²) in [6.45, 7) is 15.1. The van der Waals surface area contributed by atoms with Gasteiger partial charge in [-0.25, -0.2) is 4.39 Å². The summed E-state index contributed by atoms with van der Waals surface area (Å²) in [6, 6.07) is 5.07. The first-order valence-electron chi connectivity index (χ1n) is 9.57. The van der Waals surface area contributed by atoms with Crippen molar-refractivity contribution in [1.82, 2.24) is 14.8 Å². The van der Waals surface area contributed by atoms with E-state index in [2.05, 4.69) is 71.5 Å². The van der Waals surface area contributed by atoms with Crippen LogP contribution in [0.1, 0.15) is 33.5 Å². The van der Waals surface area contributed by atoms with Crippen LogP contribution in [0, 0.1) is 5.82 Å². The van der Waals surface area contributed by atoms with Crippen molar-refractivity contribution in [2.75, 3.05) is 12.4 Å². The summed E-state index contributed by atoms with van der Waals surface area (Å²) >= 11 is 5.23. The van der Waals surface area contributed by atoms with Crippen molar-refractivity contribution in [2.24, 2.45) is 0 Å². The number of nitrogens with zero attached hydrogens (tertiary/aromatic N) is 3. The van der Waals surface area contributed by atoms with Gasteiger partial charge in [0.05, 0.1) is 5.56 Å². The number of thioether (sulfide) groups is 1. The first-order valence-corrected chi connectivity index (χ1v) is 14.3. The summed E-state index contributed by atoms with van der Waals surface area (Å²) in [5.41, 5.74) is 0.494. The molecular formula is C20H29BrFN3OSSi. The van der Waals surface area contributed by atoms with Crippen molar-refractivity contribution in [2.45, 2.75) is 63.5 Å². The minimum Gasteiger partial charge on any atom is -0.415 e. The fourth-order valence-corrected chi connectivity index (χ4v) is 5.67. The topological polar surface area (TPSA) is 39.9 Å². The zero-order chi connectivity index (χ0) is 20.7. The minimum atomic E-state index is -1.81. The molecule has 0 fully saturated rings. The Morgan fingerprint density at radius 3 is 2.68 bits per heavy atom. The molecule has 0 saturated heterocycles. The summed E-state index contributed by atoms with van der Waals surface area (Å²) < 4.78 is 23.7. The van der Waals surface area contributed by atoms with Crippen LogP contribution in [-0.4, -0.2) is 40.2 Å². The van der Waals surface area contributed by atoms with E-state index in [-0.39, 0.29) is 15.6 Å². The zero-order valence-corrected chi connectivity index (χ0v) is 20.9. The number of aromatic nitrogens is 3. The number of fused-ring (bicyclic) bond motifs is 1. The lowest BCUT2D eigenvalue weighted by Crippen LogP contribution is -2.45. The highest BCUT2D eigenvalue weighted by molar-refractivity contribution is 9.10. The van der Waals surface area contributed by atoms with Crippen molar-refractivity contribution in [1.29, 1.82) is 0 Å². The summed E-state index contributed by atoms with van der Waals surface area (Å²) in [5, 5.41) is 8.94. The van der Waals surface area contributed by atoms with Gasteiger partial charge in [0, 0.05) is 34.5 Å². The molecule has 1 aromatic carbocycles. The standard InChI is InChI=1S/C20H29BrFN3OSSi/c1-19(2,3)28(5,6)26-13-20(4)12-17-23-24-18(25(17)9-10-27-20)15-8-7-14(21)11-16(15)22/h7-8,11H,9-10,12-13H2,1-6H3. The molecule has 1 atom stereocenters. The van der Waals surface area contributed by atoms with Gasteiger partial charge in [0.1, 0.15) is 11.6 Å². The van der Waals surface area contributed by atoms with Crippen molar-refractivity contribution < 1.29 is 8.82 Å². The number of halogens is 2. The molecule has 1 aromatic heterocycles. The van der Waals surface area contributed by atoms with Crippen LogP contribution in [0.25, 0.3) is 11.4 Å². The Balaban J connectivity index is 1.83. The average Bonchev–Trinajstić information content (AvgIpc) is 2.86. The lowest BCUT2D eigenvalue weighted by molar-refractivity contribution is 0.252. The van der Waals surface area contributed by atoms with Gasteiger partial charge < -0.3 is 8.99 Å². The molecule has 8 heteroatoms. The summed E-state index contributed by atoms with van der Waals surface area (Å²) in [7, 11) is -1.81. The van der Waals surface area contributed by atoms with Crippen molar-refractivity contribution in [3.8, 4) is 11.4 Å². The van der Waals surface area contributed by atoms with E-state index in [9.17, 15) is 4.39 Å². The normalized spacial score (nSPS) is 20.7. The van der Waals surface area contributed by atoms with Crippen LogP contribution >= 0.6 is 27.7 Å². The summed E-state index contributed by atoms with van der Waals surface area (Å²) in [6.07, 6.45) is 0.761. The third-order valence-corrected chi connectivity index (χ3v) is 12.2. The van der Waals surface area contributed by atoms with Gasteiger partial charge in [-0.05, 0) is 43.3 Å². The molecule has 1 aliphatic heterocycles. The Labute approximate surface area is 180 Å². The summed E-state index contributed by atoms with van der Waals surface area (Å²) in [5.74, 6) is 2.15. The smallest absolute Gasteiger partial charge is 0.192 e. The van der Waals surface area contributed by atoms with Crippen LogP contribution in [-0.2, 0) is 17.4 Å². The van der Waals surface area contributed by atoms with Gasteiger partial charge in [-0.1, -0.05) is 36.7 Å². The molecule has 0 aliphatic carbocycles. The Morgan fingerprint density at radius 1 is 1.32 bits per heavy atom. The average molecular weight is 487 g/mol. The molecule has 2 heterocycles. The Bertz CT molecular complexity index is 868. The van der Waals surface area contributed by atoms with Crippen LogP contribution in [0.5, 0.6) is 0 Å². The number of benzene rings is 1. The quantitative estimate of drug-likeness (QED) is 0.504. The van der Waals surface area contributed by atoms with Gasteiger partial charge in [0.2, 0.25) is 0 Å². The van der Waals surface area contributed by atoms with E-state index in [1.165, 1.54) is 6.07 Å². The van der Waals surface area contributed by atoms with Gasteiger partial charge in [0.25, 0.3) is 0 Å². The highest BCUT2D eigenvalue weighted by Gasteiger charge is 2.40. The van der Waals surface area contributed by atoms with Crippen LogP contribution in [0.4, 0.5) is 4.39 Å². The first-order chi connectivity index (χ1) is 12.9. The molecule has 4 nitrogen and oxygen atoms in total. The van der Waals surface area contributed by atoms with E-state index in [4.69, 9.17) is 4.43 Å². The fourth-order valence-electron chi connectivity index (χ4n) is 2.98. The number of rotatable bonds is 4. The molecule has 154 valence electrons. The van der Waals surface area contributed by atoms with E-state index in [1.54, 1.807) is 6.07 Å². The highest BCUT2D eigenvalue weighted by Crippen LogP contribution is 2.40. The lowest BCUT2D eigenvalue weighted by atomic mass is 10.1. The first kappa shape index (κ1) is 22.0. The van der Waals surface area contributed by atoms with E-state index >= 15 is 0 Å². The van der Waals surface area contributed by atoms with Gasteiger partial charge in [0.15, 0.2) is 14.1 Å². The van der Waals surface area contributed by atoms with Crippen LogP contribution in [0.15, 0.2) is 22.7 Å². The van der Waals surface area contributed by atoms with Gasteiger partial charge >= 0.3 is 0 Å². The highest BCUT2D eigenvalue weighted by atomic mass is 79.9. The second-order valence-corrected chi connectivity index (χ2v) is 16.6. The second kappa shape index (κ2) is 7.85. The molecule has 0 bridgehead atoms. The molecule has 28 heavy (non-hydrogen) atoms. The predicted octanol–water partition coefficient (Wildman–Crippen LogP) is 5.92. The molecule has 0 saturated carbocycles. The Kier molecular flexibility index (Phi) is 6.17. The van der Waals surface area contributed by atoms with Crippen molar-refractivity contribution in [3.05, 3.63) is 34.3 Å². The second-order valence-electron chi connectivity index (χ2n) is 9.24. The van der Waals surface area contributed by atoms with Crippen LogP contribution in [0.3, 0.4) is 0 Å². The molecular weight excluding hydrogens is 457 g/mol. The molecule has 0 spiro atoms. The third-order valence-electron chi connectivity index (χ3n) is 5.84. The number of hydrogen-bond donors (Lipinski definition) is 0. The molecule has 0 N–H and O–H groups in total. The Hall–Kier alpha value is -0.703. The molecule has 1 aliphatic rings. The molecule has 2 aromatic rings. The van der Waals surface area contributed by atoms with Crippen molar-refractivity contribution >= 4 is 36.0 Å². The predicted molar refractivity (Wildman–Crippen MR) is 121 cm³/mol. The minimum absolute atomic E-state index is 0.0632. The molecule has 3 rings (SSSR count). The zero-order valence-electron chi connectivity index (χ0n) is 17.5. The van der Waals surface area contributed by atoms with Gasteiger partial charge in [-0.15, -0.1) is 10.2 Å². The largest absolute Gasteiger partial charge is 0.415 e. The van der Waals surface area contributed by atoms with E-state index in [0.29, 0.717) is 18.0 Å². The Morgan fingerprint density at radius 2 is 2.04 bits per heavy atom. The maximum atomic E-state index is 14.5. The van der Waals surface area contributed by atoms with Crippen LogP contribution < -0.4 is 0 Å². The van der Waals surface area contributed by atoms with Gasteiger partial charge in [-0.2, -0.15) is 11.8 Å². The monoisotopic (exact) mass is 485 g/mol. The molecule has 0 amide bonds. The van der Waals surface area contributed by atoms with E-state index in [1.807, 2.05) is 17.8 Å². The summed E-state index contributed by atoms with van der Waals surface area (Å²) in [4.78, 5) is 0. The van der Waals surface area contributed by atoms with Crippen molar-refractivity contribution in [3.63, 3.8) is 0 Å². The SMILES string of the molecule is CC1(CO[Si](C)(C)C(C)(C)C)Cc2nnc(-c3ccc(Br)cc3F)n2CCS1.